The zero-order chi connectivity index (χ0) is 11.0. The summed E-state index contributed by atoms with van der Waals surface area (Å²) < 4.78 is 0. The molecule has 2 nitrogen and oxygen atoms in total. The molecule has 1 N–H and O–H groups in total. The van der Waals surface area contributed by atoms with Crippen molar-refractivity contribution in [2.45, 2.75) is 65.4 Å². The van der Waals surface area contributed by atoms with Crippen LogP contribution in [0.2, 0.25) is 0 Å². The highest BCUT2D eigenvalue weighted by Gasteiger charge is 2.17. The van der Waals surface area contributed by atoms with Gasteiger partial charge in [-0.1, -0.05) is 26.7 Å². The molecule has 2 atom stereocenters. The van der Waals surface area contributed by atoms with Crippen LogP contribution in [-0.2, 0) is 4.79 Å². The molecule has 0 aromatic rings. The van der Waals surface area contributed by atoms with Crippen molar-refractivity contribution in [1.29, 1.82) is 0 Å². The summed E-state index contributed by atoms with van der Waals surface area (Å²) >= 11 is 0. The third-order valence-electron chi connectivity index (χ3n) is 2.64. The largest absolute Gasteiger partial charge is 0.393 e. The maximum Gasteiger partial charge on any atom is 0.133 e. The number of aliphatic hydroxyl groups is 1. The van der Waals surface area contributed by atoms with Crippen LogP contribution in [0.3, 0.4) is 0 Å². The van der Waals surface area contributed by atoms with Crippen molar-refractivity contribution in [3.63, 3.8) is 0 Å². The molecule has 0 rings (SSSR count). The normalized spacial score (nSPS) is 15.1. The number of carbonyl (C=O) groups excluding carboxylic acids is 1. The molecule has 0 saturated carbocycles. The molecule has 0 aliphatic rings. The molecule has 0 saturated heterocycles. The van der Waals surface area contributed by atoms with E-state index in [1.165, 1.54) is 0 Å². The predicted molar refractivity (Wildman–Crippen MR) is 59.2 cm³/mol. The molecule has 0 aromatic heterocycles. The number of hydrogen-bond donors (Lipinski definition) is 1. The lowest BCUT2D eigenvalue weighted by Crippen LogP contribution is -2.20. The third kappa shape index (κ3) is 6.14. The average Bonchev–Trinajstić information content (AvgIpc) is 2.14. The van der Waals surface area contributed by atoms with Crippen molar-refractivity contribution in [3.05, 3.63) is 0 Å². The van der Waals surface area contributed by atoms with Crippen LogP contribution in [0.1, 0.15) is 59.3 Å². The number of hydrogen-bond acceptors (Lipinski definition) is 2. The van der Waals surface area contributed by atoms with E-state index in [0.717, 1.165) is 25.7 Å². The first-order valence-electron chi connectivity index (χ1n) is 5.81. The van der Waals surface area contributed by atoms with E-state index in [2.05, 4.69) is 13.8 Å². The molecule has 0 heterocycles. The van der Waals surface area contributed by atoms with Gasteiger partial charge >= 0.3 is 0 Å². The van der Waals surface area contributed by atoms with E-state index in [-0.39, 0.29) is 12.0 Å². The fourth-order valence-corrected chi connectivity index (χ4v) is 1.65. The van der Waals surface area contributed by atoms with Gasteiger partial charge in [-0.25, -0.2) is 0 Å². The Balaban J connectivity index is 3.83. The fourth-order valence-electron chi connectivity index (χ4n) is 1.65. The molecule has 0 aromatic carbocycles. The standard InChI is InChI=1S/C12H24O2/c1-4-6-8-12(14)9-11(7-5-2)10(3)13/h10-11,13H,4-9H2,1-3H3. The number of aliphatic hydroxyl groups excluding tert-OH is 1. The monoisotopic (exact) mass is 200 g/mol. The van der Waals surface area contributed by atoms with Gasteiger partial charge in [0.15, 0.2) is 0 Å². The summed E-state index contributed by atoms with van der Waals surface area (Å²) in [5.74, 6) is 0.482. The zero-order valence-electron chi connectivity index (χ0n) is 9.75. The van der Waals surface area contributed by atoms with E-state index < -0.39 is 0 Å². The van der Waals surface area contributed by atoms with Crippen LogP contribution in [-0.4, -0.2) is 17.0 Å². The van der Waals surface area contributed by atoms with E-state index in [0.29, 0.717) is 18.6 Å². The van der Waals surface area contributed by atoms with Gasteiger partial charge < -0.3 is 5.11 Å². The van der Waals surface area contributed by atoms with Crippen molar-refractivity contribution in [1.82, 2.24) is 0 Å². The van der Waals surface area contributed by atoms with E-state index in [4.69, 9.17) is 0 Å². The molecular weight excluding hydrogens is 176 g/mol. The molecule has 0 aliphatic carbocycles. The Labute approximate surface area is 87.7 Å². The van der Waals surface area contributed by atoms with Crippen LogP contribution in [0.4, 0.5) is 0 Å². The quantitative estimate of drug-likeness (QED) is 0.654. The van der Waals surface area contributed by atoms with Gasteiger partial charge in [-0.05, 0) is 25.7 Å². The van der Waals surface area contributed by atoms with Gasteiger partial charge in [-0.3, -0.25) is 4.79 Å². The lowest BCUT2D eigenvalue weighted by atomic mass is 9.91. The maximum absolute atomic E-state index is 11.5. The number of carbonyl (C=O) groups is 1. The minimum absolute atomic E-state index is 0.171. The first-order valence-corrected chi connectivity index (χ1v) is 5.81. The third-order valence-corrected chi connectivity index (χ3v) is 2.64. The van der Waals surface area contributed by atoms with Gasteiger partial charge in [0.05, 0.1) is 6.10 Å². The van der Waals surface area contributed by atoms with E-state index >= 15 is 0 Å². The second-order valence-electron chi connectivity index (χ2n) is 4.14. The average molecular weight is 200 g/mol. The lowest BCUT2D eigenvalue weighted by molar-refractivity contribution is -0.121. The number of rotatable bonds is 8. The molecular formula is C12H24O2. The summed E-state index contributed by atoms with van der Waals surface area (Å²) in [7, 11) is 0. The fraction of sp³-hybridized carbons (Fsp3) is 0.917. The second-order valence-corrected chi connectivity index (χ2v) is 4.14. The van der Waals surface area contributed by atoms with Crippen molar-refractivity contribution >= 4 is 5.78 Å². The van der Waals surface area contributed by atoms with Crippen LogP contribution in [0.25, 0.3) is 0 Å². The van der Waals surface area contributed by atoms with Crippen LogP contribution in [0, 0.1) is 5.92 Å². The molecule has 0 spiro atoms. The Bertz CT molecular complexity index is 152. The van der Waals surface area contributed by atoms with Crippen molar-refractivity contribution in [2.24, 2.45) is 5.92 Å². The molecule has 0 radical (unpaired) electrons. The van der Waals surface area contributed by atoms with Crippen LogP contribution >= 0.6 is 0 Å². The predicted octanol–water partition coefficient (Wildman–Crippen LogP) is 2.93. The lowest BCUT2D eigenvalue weighted by Gasteiger charge is -2.18. The maximum atomic E-state index is 11.5. The topological polar surface area (TPSA) is 37.3 Å². The molecule has 0 amide bonds. The molecule has 2 unspecified atom stereocenters. The Hall–Kier alpha value is -0.370. The van der Waals surface area contributed by atoms with Crippen LogP contribution < -0.4 is 0 Å². The molecule has 14 heavy (non-hydrogen) atoms. The summed E-state index contributed by atoms with van der Waals surface area (Å²) in [6.07, 6.45) is 4.94. The van der Waals surface area contributed by atoms with Crippen LogP contribution in [0.15, 0.2) is 0 Å². The van der Waals surface area contributed by atoms with Gasteiger partial charge in [0.2, 0.25) is 0 Å². The van der Waals surface area contributed by atoms with E-state index in [9.17, 15) is 9.90 Å². The van der Waals surface area contributed by atoms with Gasteiger partial charge in [-0.2, -0.15) is 0 Å². The highest BCUT2D eigenvalue weighted by Crippen LogP contribution is 2.17. The van der Waals surface area contributed by atoms with Gasteiger partial charge in [0.1, 0.15) is 5.78 Å². The van der Waals surface area contributed by atoms with E-state index in [1.807, 2.05) is 0 Å². The number of unbranched alkanes of at least 4 members (excludes halogenated alkanes) is 1. The van der Waals surface area contributed by atoms with Gasteiger partial charge in [-0.15, -0.1) is 0 Å². The second kappa shape index (κ2) is 7.98. The van der Waals surface area contributed by atoms with E-state index in [1.54, 1.807) is 6.92 Å². The Morgan fingerprint density at radius 3 is 2.36 bits per heavy atom. The van der Waals surface area contributed by atoms with Crippen molar-refractivity contribution in [2.75, 3.05) is 0 Å². The van der Waals surface area contributed by atoms with Gasteiger partial charge in [0, 0.05) is 12.8 Å². The number of Topliss-reactive ketones (excluding diaryl/α,β-unsaturated/α-hetero) is 1. The summed E-state index contributed by atoms with van der Waals surface area (Å²) in [5, 5.41) is 9.47. The van der Waals surface area contributed by atoms with Crippen LogP contribution in [0.5, 0.6) is 0 Å². The molecule has 84 valence electrons. The molecule has 0 aliphatic heterocycles. The van der Waals surface area contributed by atoms with Crippen molar-refractivity contribution in [3.8, 4) is 0 Å². The Morgan fingerprint density at radius 2 is 1.93 bits per heavy atom. The molecule has 2 heteroatoms. The van der Waals surface area contributed by atoms with Gasteiger partial charge in [0.25, 0.3) is 0 Å². The summed E-state index contributed by atoms with van der Waals surface area (Å²) in [5.41, 5.74) is 0. The minimum atomic E-state index is -0.347. The first-order chi connectivity index (χ1) is 6.61. The summed E-state index contributed by atoms with van der Waals surface area (Å²) in [6, 6.07) is 0. The summed E-state index contributed by atoms with van der Waals surface area (Å²) in [4.78, 5) is 11.5. The zero-order valence-corrected chi connectivity index (χ0v) is 9.75. The minimum Gasteiger partial charge on any atom is -0.393 e. The SMILES string of the molecule is CCCCC(=O)CC(CCC)C(C)O. The Morgan fingerprint density at radius 1 is 1.29 bits per heavy atom. The number of ketones is 1. The summed E-state index contributed by atoms with van der Waals surface area (Å²) in [6.45, 7) is 5.96. The molecule has 0 bridgehead atoms. The highest BCUT2D eigenvalue weighted by atomic mass is 16.3. The van der Waals surface area contributed by atoms with Crippen molar-refractivity contribution < 1.29 is 9.90 Å². The first kappa shape index (κ1) is 13.6. The smallest absolute Gasteiger partial charge is 0.133 e. The highest BCUT2D eigenvalue weighted by molar-refractivity contribution is 5.78. The molecule has 0 fully saturated rings. The Kier molecular flexibility index (Phi) is 7.77.